The number of hydrogen-bond acceptors (Lipinski definition) is 3. The van der Waals surface area contributed by atoms with Gasteiger partial charge in [0.1, 0.15) is 23.1 Å². The van der Waals surface area contributed by atoms with Gasteiger partial charge in [0.25, 0.3) is 0 Å². The van der Waals surface area contributed by atoms with Gasteiger partial charge in [-0.2, -0.15) is 0 Å². The third kappa shape index (κ3) is 3.26. The second-order valence-corrected chi connectivity index (χ2v) is 4.69. The van der Waals surface area contributed by atoms with Gasteiger partial charge in [0.05, 0.1) is 7.11 Å². The van der Waals surface area contributed by atoms with Gasteiger partial charge < -0.3 is 15.2 Å². The molecule has 0 aromatic heterocycles. The Hall–Kier alpha value is -2.01. The van der Waals surface area contributed by atoms with Crippen molar-refractivity contribution in [3.05, 3.63) is 52.5 Å². The summed E-state index contributed by atoms with van der Waals surface area (Å²) in [5, 5.41) is 7.41. The van der Waals surface area contributed by atoms with Gasteiger partial charge in [-0.1, -0.05) is 6.07 Å². The van der Waals surface area contributed by atoms with Crippen LogP contribution >= 0.6 is 15.9 Å². The van der Waals surface area contributed by atoms with Gasteiger partial charge in [0.15, 0.2) is 0 Å². The SMILES string of the molecule is COc1cccc(Oc2ccc(C(=N)N)c(Br)c2)c1. The van der Waals surface area contributed by atoms with Crippen LogP contribution in [0.3, 0.4) is 0 Å². The lowest BCUT2D eigenvalue weighted by atomic mass is 10.2. The second kappa shape index (κ2) is 5.75. The number of halogens is 1. The van der Waals surface area contributed by atoms with Gasteiger partial charge in [0.2, 0.25) is 0 Å². The molecule has 4 nitrogen and oxygen atoms in total. The zero-order chi connectivity index (χ0) is 13.8. The molecule has 0 unspecified atom stereocenters. The molecule has 19 heavy (non-hydrogen) atoms. The van der Waals surface area contributed by atoms with Gasteiger partial charge in [-0.05, 0) is 46.3 Å². The number of amidine groups is 1. The smallest absolute Gasteiger partial charge is 0.131 e. The molecule has 2 aromatic carbocycles. The highest BCUT2D eigenvalue weighted by molar-refractivity contribution is 9.10. The average Bonchev–Trinajstić information content (AvgIpc) is 2.38. The predicted molar refractivity (Wildman–Crippen MR) is 78.2 cm³/mol. The molecule has 2 rings (SSSR count). The Balaban J connectivity index is 2.23. The van der Waals surface area contributed by atoms with Crippen LogP contribution in [0.2, 0.25) is 0 Å². The van der Waals surface area contributed by atoms with E-state index in [0.29, 0.717) is 17.1 Å². The van der Waals surface area contributed by atoms with Gasteiger partial charge >= 0.3 is 0 Å². The van der Waals surface area contributed by atoms with E-state index in [4.69, 9.17) is 20.6 Å². The number of benzene rings is 2. The Morgan fingerprint density at radius 3 is 2.42 bits per heavy atom. The summed E-state index contributed by atoms with van der Waals surface area (Å²) in [5.41, 5.74) is 6.09. The first kappa shape index (κ1) is 13.4. The quantitative estimate of drug-likeness (QED) is 0.668. The van der Waals surface area contributed by atoms with Crippen LogP contribution in [0.1, 0.15) is 5.56 Å². The van der Waals surface area contributed by atoms with Crippen LogP contribution in [-0.4, -0.2) is 12.9 Å². The molecule has 5 heteroatoms. The van der Waals surface area contributed by atoms with Crippen LogP contribution < -0.4 is 15.2 Å². The zero-order valence-corrected chi connectivity index (χ0v) is 11.9. The molecular formula is C14H13BrN2O2. The topological polar surface area (TPSA) is 68.3 Å². The van der Waals surface area contributed by atoms with Crippen LogP contribution in [0, 0.1) is 5.41 Å². The molecule has 0 aliphatic heterocycles. The zero-order valence-electron chi connectivity index (χ0n) is 10.3. The van der Waals surface area contributed by atoms with E-state index in [1.54, 1.807) is 31.4 Å². The van der Waals surface area contributed by atoms with Crippen LogP contribution in [0.5, 0.6) is 17.2 Å². The molecule has 0 spiro atoms. The Kier molecular flexibility index (Phi) is 4.06. The summed E-state index contributed by atoms with van der Waals surface area (Å²) in [6.07, 6.45) is 0. The fourth-order valence-electron chi connectivity index (χ4n) is 1.58. The Morgan fingerprint density at radius 1 is 1.11 bits per heavy atom. The summed E-state index contributed by atoms with van der Waals surface area (Å²) in [6.45, 7) is 0. The highest BCUT2D eigenvalue weighted by Gasteiger charge is 2.06. The van der Waals surface area contributed by atoms with Crippen LogP contribution in [0.25, 0.3) is 0 Å². The van der Waals surface area contributed by atoms with Crippen molar-refractivity contribution in [2.24, 2.45) is 5.73 Å². The molecule has 0 saturated heterocycles. The molecule has 0 fully saturated rings. The second-order valence-electron chi connectivity index (χ2n) is 3.84. The highest BCUT2D eigenvalue weighted by atomic mass is 79.9. The molecule has 3 N–H and O–H groups in total. The van der Waals surface area contributed by atoms with E-state index < -0.39 is 0 Å². The van der Waals surface area contributed by atoms with Crippen molar-refractivity contribution < 1.29 is 9.47 Å². The fraction of sp³-hybridized carbons (Fsp3) is 0.0714. The van der Waals surface area contributed by atoms with Crippen LogP contribution in [0.4, 0.5) is 0 Å². The normalized spacial score (nSPS) is 10.0. The molecule has 2 aromatic rings. The largest absolute Gasteiger partial charge is 0.497 e. The first-order valence-corrected chi connectivity index (χ1v) is 6.35. The molecule has 0 aliphatic rings. The lowest BCUT2D eigenvalue weighted by Gasteiger charge is -2.09. The standard InChI is InChI=1S/C14H13BrN2O2/c1-18-9-3-2-4-10(7-9)19-11-5-6-12(14(16)17)13(15)8-11/h2-8H,1H3,(H3,16,17). The summed E-state index contributed by atoms with van der Waals surface area (Å²) in [5.74, 6) is 2.09. The summed E-state index contributed by atoms with van der Waals surface area (Å²) in [7, 11) is 1.61. The van der Waals surface area contributed by atoms with Crippen molar-refractivity contribution in [3.63, 3.8) is 0 Å². The maximum absolute atomic E-state index is 7.41. The van der Waals surface area contributed by atoms with Crippen molar-refractivity contribution in [1.82, 2.24) is 0 Å². The average molecular weight is 321 g/mol. The molecule has 0 bridgehead atoms. The van der Waals surface area contributed by atoms with E-state index in [0.717, 1.165) is 10.2 Å². The first-order valence-electron chi connectivity index (χ1n) is 5.56. The number of nitrogens with two attached hydrogens (primary N) is 1. The monoisotopic (exact) mass is 320 g/mol. The Morgan fingerprint density at radius 2 is 1.79 bits per heavy atom. The fourth-order valence-corrected chi connectivity index (χ4v) is 2.15. The summed E-state index contributed by atoms with van der Waals surface area (Å²) >= 11 is 3.36. The summed E-state index contributed by atoms with van der Waals surface area (Å²) < 4.78 is 11.6. The van der Waals surface area contributed by atoms with E-state index in [9.17, 15) is 0 Å². The molecular weight excluding hydrogens is 308 g/mol. The van der Waals surface area contributed by atoms with Crippen molar-refractivity contribution in [2.75, 3.05) is 7.11 Å². The van der Waals surface area contributed by atoms with Crippen molar-refractivity contribution >= 4 is 21.8 Å². The lowest BCUT2D eigenvalue weighted by molar-refractivity contribution is 0.409. The van der Waals surface area contributed by atoms with Crippen molar-refractivity contribution in [1.29, 1.82) is 5.41 Å². The maximum Gasteiger partial charge on any atom is 0.131 e. The van der Waals surface area contributed by atoms with E-state index in [1.165, 1.54) is 0 Å². The molecule has 98 valence electrons. The number of nitrogens with one attached hydrogen (secondary N) is 1. The molecule has 0 aliphatic carbocycles. The third-order valence-corrected chi connectivity index (χ3v) is 3.16. The van der Waals surface area contributed by atoms with E-state index >= 15 is 0 Å². The predicted octanol–water partition coefficient (Wildman–Crippen LogP) is 3.53. The van der Waals surface area contributed by atoms with E-state index in [2.05, 4.69) is 15.9 Å². The molecule has 0 amide bonds. The minimum absolute atomic E-state index is 0.0137. The van der Waals surface area contributed by atoms with E-state index in [1.807, 2.05) is 18.2 Å². The van der Waals surface area contributed by atoms with Gasteiger partial charge in [-0.25, -0.2) is 0 Å². The summed E-state index contributed by atoms with van der Waals surface area (Å²) in [6, 6.07) is 12.6. The molecule has 0 heterocycles. The minimum atomic E-state index is 0.0137. The number of ether oxygens (including phenoxy) is 2. The van der Waals surface area contributed by atoms with Gasteiger partial charge in [-0.15, -0.1) is 0 Å². The van der Waals surface area contributed by atoms with Gasteiger partial charge in [-0.3, -0.25) is 5.41 Å². The Bertz CT molecular complexity index is 614. The number of methoxy groups -OCH3 is 1. The van der Waals surface area contributed by atoms with Crippen LogP contribution in [-0.2, 0) is 0 Å². The molecule has 0 atom stereocenters. The Labute approximate surface area is 119 Å². The lowest BCUT2D eigenvalue weighted by Crippen LogP contribution is -2.11. The van der Waals surface area contributed by atoms with E-state index in [-0.39, 0.29) is 5.84 Å². The van der Waals surface area contributed by atoms with Crippen molar-refractivity contribution in [2.45, 2.75) is 0 Å². The molecule has 0 saturated carbocycles. The van der Waals surface area contributed by atoms with Crippen LogP contribution in [0.15, 0.2) is 46.9 Å². The number of nitrogen functional groups attached to an aromatic ring is 1. The van der Waals surface area contributed by atoms with Gasteiger partial charge in [0, 0.05) is 16.1 Å². The highest BCUT2D eigenvalue weighted by Crippen LogP contribution is 2.28. The molecule has 0 radical (unpaired) electrons. The maximum atomic E-state index is 7.41. The third-order valence-electron chi connectivity index (χ3n) is 2.51. The number of hydrogen-bond donors (Lipinski definition) is 2. The van der Waals surface area contributed by atoms with Crippen molar-refractivity contribution in [3.8, 4) is 17.2 Å². The minimum Gasteiger partial charge on any atom is -0.497 e. The number of rotatable bonds is 4. The first-order chi connectivity index (χ1) is 9.10. The summed E-state index contributed by atoms with van der Waals surface area (Å²) in [4.78, 5) is 0.